The van der Waals surface area contributed by atoms with Crippen LogP contribution in [0.2, 0.25) is 0 Å². The van der Waals surface area contributed by atoms with Crippen molar-refractivity contribution in [2.75, 3.05) is 0 Å². The van der Waals surface area contributed by atoms with Crippen molar-refractivity contribution in [3.05, 3.63) is 71.4 Å². The third-order valence-corrected chi connectivity index (χ3v) is 3.45. The van der Waals surface area contributed by atoms with E-state index in [-0.39, 0.29) is 5.78 Å². The molecule has 0 aromatic heterocycles. The molecule has 0 N–H and O–H groups in total. The Morgan fingerprint density at radius 2 is 1.82 bits per heavy atom. The van der Waals surface area contributed by atoms with Gasteiger partial charge in [-0.25, -0.2) is 0 Å². The lowest BCUT2D eigenvalue weighted by Gasteiger charge is -2.06. The second-order valence-electron chi connectivity index (χ2n) is 5.32. The average molecular weight is 291 g/mol. The second-order valence-corrected chi connectivity index (χ2v) is 5.32. The Morgan fingerprint density at radius 3 is 2.45 bits per heavy atom. The molecule has 0 radical (unpaired) electrons. The zero-order chi connectivity index (χ0) is 15.4. The van der Waals surface area contributed by atoms with Crippen molar-refractivity contribution in [3.63, 3.8) is 0 Å². The molecule has 0 fully saturated rings. The van der Waals surface area contributed by atoms with E-state index >= 15 is 0 Å². The fraction of sp³-hybridized carbons (Fsp3) is 0.158. The van der Waals surface area contributed by atoms with E-state index in [9.17, 15) is 4.79 Å². The minimum atomic E-state index is 0.0851. The van der Waals surface area contributed by atoms with Gasteiger partial charge in [-0.3, -0.25) is 9.79 Å². The first-order valence-corrected chi connectivity index (χ1v) is 7.26. The first-order valence-electron chi connectivity index (χ1n) is 7.26. The van der Waals surface area contributed by atoms with Gasteiger partial charge in [0.15, 0.2) is 5.78 Å². The fourth-order valence-corrected chi connectivity index (χ4v) is 2.30. The molecule has 0 aliphatic carbocycles. The predicted molar refractivity (Wildman–Crippen MR) is 87.9 cm³/mol. The van der Waals surface area contributed by atoms with Crippen molar-refractivity contribution in [1.29, 1.82) is 0 Å². The molecule has 3 rings (SSSR count). The SMILES string of the molecule is CC1=N/C(=C/c2ccc(OCc3ccccc3)cc2)C(=O)C1. The van der Waals surface area contributed by atoms with E-state index in [1.807, 2.05) is 67.6 Å². The van der Waals surface area contributed by atoms with Gasteiger partial charge in [-0.15, -0.1) is 0 Å². The van der Waals surface area contributed by atoms with Crippen LogP contribution in [-0.2, 0) is 11.4 Å². The maximum absolute atomic E-state index is 11.7. The molecule has 0 bridgehead atoms. The van der Waals surface area contributed by atoms with Gasteiger partial charge in [0.05, 0.1) is 6.42 Å². The molecule has 1 aliphatic rings. The summed E-state index contributed by atoms with van der Waals surface area (Å²) in [4.78, 5) is 16.0. The van der Waals surface area contributed by atoms with Gasteiger partial charge in [-0.05, 0) is 36.3 Å². The summed E-state index contributed by atoms with van der Waals surface area (Å²) in [6.45, 7) is 2.42. The third kappa shape index (κ3) is 3.50. The summed E-state index contributed by atoms with van der Waals surface area (Å²) in [6, 6.07) is 17.7. The number of benzene rings is 2. The highest BCUT2D eigenvalue weighted by Gasteiger charge is 2.17. The highest BCUT2D eigenvalue weighted by Crippen LogP contribution is 2.19. The molecule has 0 amide bonds. The van der Waals surface area contributed by atoms with E-state index in [1.54, 1.807) is 0 Å². The monoisotopic (exact) mass is 291 g/mol. The number of carbonyl (C=O) groups excluding carboxylic acids is 1. The Bertz CT molecular complexity index is 728. The van der Waals surface area contributed by atoms with Crippen molar-refractivity contribution in [2.24, 2.45) is 4.99 Å². The van der Waals surface area contributed by atoms with Crippen LogP contribution in [0.1, 0.15) is 24.5 Å². The van der Waals surface area contributed by atoms with Gasteiger partial charge in [0.2, 0.25) is 0 Å². The molecule has 0 saturated heterocycles. The molecule has 2 aromatic rings. The standard InChI is InChI=1S/C19H17NO2/c1-14-11-19(21)18(20-14)12-15-7-9-17(10-8-15)22-13-16-5-3-2-4-6-16/h2-10,12H,11,13H2,1H3/b18-12+. The smallest absolute Gasteiger partial charge is 0.186 e. The van der Waals surface area contributed by atoms with Crippen molar-refractivity contribution in [1.82, 2.24) is 0 Å². The summed E-state index contributed by atoms with van der Waals surface area (Å²) in [6.07, 6.45) is 2.25. The zero-order valence-electron chi connectivity index (χ0n) is 12.5. The van der Waals surface area contributed by atoms with E-state index in [0.29, 0.717) is 18.7 Å². The lowest BCUT2D eigenvalue weighted by molar-refractivity contribution is -0.114. The number of carbonyl (C=O) groups is 1. The molecule has 0 saturated carbocycles. The van der Waals surface area contributed by atoms with E-state index in [1.165, 1.54) is 0 Å². The molecule has 1 heterocycles. The Kier molecular flexibility index (Phi) is 4.15. The van der Waals surface area contributed by atoms with Crippen molar-refractivity contribution >= 4 is 17.6 Å². The van der Waals surface area contributed by atoms with E-state index in [2.05, 4.69) is 4.99 Å². The molecule has 0 spiro atoms. The van der Waals surface area contributed by atoms with Crippen LogP contribution in [0.4, 0.5) is 0 Å². The molecule has 1 aliphatic heterocycles. The highest BCUT2D eigenvalue weighted by molar-refractivity contribution is 6.16. The summed E-state index contributed by atoms with van der Waals surface area (Å²) < 4.78 is 5.74. The predicted octanol–water partition coefficient (Wildman–Crippen LogP) is 4.04. The maximum atomic E-state index is 11.7. The van der Waals surface area contributed by atoms with Gasteiger partial charge in [0.1, 0.15) is 18.1 Å². The number of Topliss-reactive ketones (excluding diaryl/α,β-unsaturated/α-hetero) is 1. The van der Waals surface area contributed by atoms with Crippen molar-refractivity contribution in [3.8, 4) is 5.75 Å². The molecular formula is C19H17NO2. The third-order valence-electron chi connectivity index (χ3n) is 3.45. The van der Waals surface area contributed by atoms with Crippen LogP contribution in [0, 0.1) is 0 Å². The molecular weight excluding hydrogens is 274 g/mol. The highest BCUT2D eigenvalue weighted by atomic mass is 16.5. The number of rotatable bonds is 4. The fourth-order valence-electron chi connectivity index (χ4n) is 2.30. The van der Waals surface area contributed by atoms with Gasteiger partial charge in [-0.1, -0.05) is 42.5 Å². The number of hydrogen-bond acceptors (Lipinski definition) is 3. The van der Waals surface area contributed by atoms with Crippen LogP contribution < -0.4 is 4.74 Å². The van der Waals surface area contributed by atoms with E-state index < -0.39 is 0 Å². The normalized spacial score (nSPS) is 16.0. The Balaban J connectivity index is 1.66. The maximum Gasteiger partial charge on any atom is 0.186 e. The largest absolute Gasteiger partial charge is 0.489 e. The number of ketones is 1. The Hall–Kier alpha value is -2.68. The molecule has 110 valence electrons. The van der Waals surface area contributed by atoms with Gasteiger partial charge in [0.25, 0.3) is 0 Å². The molecule has 22 heavy (non-hydrogen) atoms. The molecule has 2 aromatic carbocycles. The van der Waals surface area contributed by atoms with E-state index in [4.69, 9.17) is 4.74 Å². The minimum absolute atomic E-state index is 0.0851. The Morgan fingerprint density at radius 1 is 1.09 bits per heavy atom. The average Bonchev–Trinajstić information content (AvgIpc) is 2.85. The summed E-state index contributed by atoms with van der Waals surface area (Å²) in [5, 5.41) is 0. The second kappa shape index (κ2) is 6.39. The first-order chi connectivity index (χ1) is 10.7. The molecule has 0 atom stereocenters. The van der Waals surface area contributed by atoms with Crippen LogP contribution in [-0.4, -0.2) is 11.5 Å². The summed E-state index contributed by atoms with van der Waals surface area (Å²) in [5.41, 5.74) is 3.50. The Labute approximate surface area is 130 Å². The molecule has 0 unspecified atom stereocenters. The van der Waals surface area contributed by atoms with Crippen LogP contribution >= 0.6 is 0 Å². The number of nitrogens with zero attached hydrogens (tertiary/aromatic N) is 1. The van der Waals surface area contributed by atoms with Gasteiger partial charge < -0.3 is 4.74 Å². The summed E-state index contributed by atoms with van der Waals surface area (Å²) in [5.74, 6) is 0.894. The lowest BCUT2D eigenvalue weighted by Crippen LogP contribution is -1.95. The topological polar surface area (TPSA) is 38.7 Å². The lowest BCUT2D eigenvalue weighted by atomic mass is 10.1. The van der Waals surface area contributed by atoms with Gasteiger partial charge in [-0.2, -0.15) is 0 Å². The number of aliphatic imine (C=N–C) groups is 1. The number of ether oxygens (including phenoxy) is 1. The molecule has 3 nitrogen and oxygen atoms in total. The number of hydrogen-bond donors (Lipinski definition) is 0. The molecule has 3 heteroatoms. The van der Waals surface area contributed by atoms with Crippen LogP contribution in [0.15, 0.2) is 65.3 Å². The number of allylic oxidation sites excluding steroid dienone is 1. The quantitative estimate of drug-likeness (QED) is 0.797. The first kappa shape index (κ1) is 14.3. The summed E-state index contributed by atoms with van der Waals surface area (Å²) >= 11 is 0. The van der Waals surface area contributed by atoms with Crippen molar-refractivity contribution < 1.29 is 9.53 Å². The van der Waals surface area contributed by atoms with Gasteiger partial charge >= 0.3 is 0 Å². The van der Waals surface area contributed by atoms with Gasteiger partial charge in [0, 0.05) is 5.71 Å². The van der Waals surface area contributed by atoms with Crippen LogP contribution in [0.25, 0.3) is 6.08 Å². The van der Waals surface area contributed by atoms with Crippen molar-refractivity contribution in [2.45, 2.75) is 20.0 Å². The zero-order valence-corrected chi connectivity index (χ0v) is 12.5. The van der Waals surface area contributed by atoms with Crippen LogP contribution in [0.5, 0.6) is 5.75 Å². The summed E-state index contributed by atoms with van der Waals surface area (Å²) in [7, 11) is 0. The van der Waals surface area contributed by atoms with Crippen LogP contribution in [0.3, 0.4) is 0 Å². The van der Waals surface area contributed by atoms with E-state index in [0.717, 1.165) is 22.6 Å². The minimum Gasteiger partial charge on any atom is -0.489 e.